The van der Waals surface area contributed by atoms with Crippen molar-refractivity contribution in [2.45, 2.75) is 20.3 Å². The summed E-state index contributed by atoms with van der Waals surface area (Å²) in [5.74, 6) is 0. The quantitative estimate of drug-likeness (QED) is 0.175. The molecule has 4 nitrogen and oxygen atoms in total. The van der Waals surface area contributed by atoms with Gasteiger partial charge in [0.1, 0.15) is 0 Å². The molecule has 0 bridgehead atoms. The van der Waals surface area contributed by atoms with Crippen molar-refractivity contribution in [3.8, 4) is 33.6 Å². The third-order valence-electron chi connectivity index (χ3n) is 10.2. The molecule has 0 saturated carbocycles. The molecule has 0 aliphatic carbocycles. The van der Waals surface area contributed by atoms with E-state index in [1.807, 2.05) is 38.6 Å². The van der Waals surface area contributed by atoms with E-state index in [0.717, 1.165) is 28.8 Å². The van der Waals surface area contributed by atoms with Crippen LogP contribution in [0.3, 0.4) is 0 Å². The van der Waals surface area contributed by atoms with Crippen molar-refractivity contribution in [2.75, 3.05) is 0 Å². The maximum atomic E-state index is 4.42. The van der Waals surface area contributed by atoms with E-state index in [4.69, 9.17) is 0 Å². The first-order valence-corrected chi connectivity index (χ1v) is 18.3. The molecular formula is C49H38N4. The van der Waals surface area contributed by atoms with Crippen LogP contribution in [-0.2, 0) is 6.42 Å². The van der Waals surface area contributed by atoms with Crippen molar-refractivity contribution in [1.29, 1.82) is 0 Å². The van der Waals surface area contributed by atoms with Crippen LogP contribution in [0.1, 0.15) is 25.0 Å². The van der Waals surface area contributed by atoms with E-state index in [2.05, 4.69) is 177 Å². The molecule has 53 heavy (non-hydrogen) atoms. The monoisotopic (exact) mass is 682 g/mol. The smallest absolute Gasteiger partial charge is 0.0724 e. The number of pyridine rings is 2. The predicted octanol–water partition coefficient (Wildman–Crippen LogP) is 12.6. The summed E-state index contributed by atoms with van der Waals surface area (Å²) in [6.07, 6.45) is 8.54. The van der Waals surface area contributed by atoms with Gasteiger partial charge in [0.2, 0.25) is 0 Å². The van der Waals surface area contributed by atoms with Crippen molar-refractivity contribution in [1.82, 2.24) is 19.1 Å². The fourth-order valence-electron chi connectivity index (χ4n) is 7.66. The standard InChI is InChI=1S/C47H32N4.C2H6/c1-3-7-44-40(5-1)42-25-27-48-30-46(42)50(44)38-21-17-36(18-22-38)34-13-9-32(10-14-34)29-33-11-15-35(16-12-33)37-19-23-39(24-20-37)51-45-8-4-2-6-41(45)43-26-28-49-31-47(43)51;1-2/h1-28,30-31H,29H2;1-2H3. The largest absolute Gasteiger partial charge is 0.308 e. The molecule has 10 aromatic rings. The number of nitrogens with zero attached hydrogens (tertiary/aromatic N) is 4. The minimum atomic E-state index is 0.891. The number of para-hydroxylation sites is 2. The second-order valence-electron chi connectivity index (χ2n) is 13.2. The molecule has 254 valence electrons. The molecule has 0 aliphatic heterocycles. The topological polar surface area (TPSA) is 35.6 Å². The number of hydrogen-bond acceptors (Lipinski definition) is 2. The van der Waals surface area contributed by atoms with E-state index >= 15 is 0 Å². The Kier molecular flexibility index (Phi) is 8.33. The number of hydrogen-bond donors (Lipinski definition) is 0. The molecule has 0 unspecified atom stereocenters. The Labute approximate surface area is 309 Å². The molecule has 0 N–H and O–H groups in total. The van der Waals surface area contributed by atoms with Gasteiger partial charge in [-0.3, -0.25) is 9.97 Å². The van der Waals surface area contributed by atoms with Gasteiger partial charge in [0.05, 0.1) is 34.5 Å². The molecule has 6 aromatic carbocycles. The molecule has 0 radical (unpaired) electrons. The third-order valence-corrected chi connectivity index (χ3v) is 10.2. The van der Waals surface area contributed by atoms with Gasteiger partial charge in [-0.1, -0.05) is 123 Å². The highest BCUT2D eigenvalue weighted by molar-refractivity contribution is 6.09. The Balaban J connectivity index is 0.00000183. The summed E-state index contributed by atoms with van der Waals surface area (Å²) in [4.78, 5) is 8.84. The zero-order valence-electron chi connectivity index (χ0n) is 29.8. The van der Waals surface area contributed by atoms with Crippen LogP contribution in [0.15, 0.2) is 183 Å². The van der Waals surface area contributed by atoms with Gasteiger partial charge in [0.15, 0.2) is 0 Å². The lowest BCUT2D eigenvalue weighted by Crippen LogP contribution is -1.94. The summed E-state index contributed by atoms with van der Waals surface area (Å²) < 4.78 is 4.60. The molecule has 0 fully saturated rings. The lowest BCUT2D eigenvalue weighted by atomic mass is 9.98. The van der Waals surface area contributed by atoms with Gasteiger partial charge in [-0.05, 0) is 88.3 Å². The average molecular weight is 683 g/mol. The van der Waals surface area contributed by atoms with Gasteiger partial charge in [-0.15, -0.1) is 0 Å². The Morgan fingerprint density at radius 2 is 0.698 bits per heavy atom. The van der Waals surface area contributed by atoms with Gasteiger partial charge in [0.25, 0.3) is 0 Å². The molecule has 0 aliphatic rings. The second kappa shape index (κ2) is 13.7. The second-order valence-corrected chi connectivity index (χ2v) is 13.2. The third kappa shape index (κ3) is 5.75. The van der Waals surface area contributed by atoms with Crippen molar-refractivity contribution in [3.05, 3.63) is 194 Å². The van der Waals surface area contributed by atoms with E-state index in [9.17, 15) is 0 Å². The van der Waals surface area contributed by atoms with Crippen molar-refractivity contribution < 1.29 is 0 Å². The van der Waals surface area contributed by atoms with Crippen LogP contribution in [0.25, 0.3) is 77.2 Å². The average Bonchev–Trinajstić information content (AvgIpc) is 3.76. The molecule has 0 saturated heterocycles. The summed E-state index contributed by atoms with van der Waals surface area (Å²) >= 11 is 0. The first-order valence-electron chi connectivity index (χ1n) is 18.3. The van der Waals surface area contributed by atoms with Gasteiger partial charge in [-0.25, -0.2) is 0 Å². The minimum absolute atomic E-state index is 0.891. The van der Waals surface area contributed by atoms with E-state index in [0.29, 0.717) is 0 Å². The van der Waals surface area contributed by atoms with Gasteiger partial charge < -0.3 is 9.13 Å². The summed E-state index contributed by atoms with van der Waals surface area (Å²) in [5, 5.41) is 4.93. The number of benzene rings is 6. The molecule has 4 aromatic heterocycles. The predicted molar refractivity (Wildman–Crippen MR) is 222 cm³/mol. The molecule has 10 rings (SSSR count). The molecule has 4 heterocycles. The van der Waals surface area contributed by atoms with Crippen LogP contribution in [0.5, 0.6) is 0 Å². The number of rotatable bonds is 6. The van der Waals surface area contributed by atoms with Crippen molar-refractivity contribution in [2.24, 2.45) is 0 Å². The zero-order chi connectivity index (χ0) is 35.7. The summed E-state index contributed by atoms with van der Waals surface area (Å²) in [6.45, 7) is 4.00. The van der Waals surface area contributed by atoms with E-state index in [1.165, 1.54) is 66.0 Å². The van der Waals surface area contributed by atoms with Crippen LogP contribution < -0.4 is 0 Å². The summed E-state index contributed by atoms with van der Waals surface area (Å²) in [5.41, 5.74) is 14.3. The first-order chi connectivity index (χ1) is 26.3. The Hall–Kier alpha value is -6.78. The van der Waals surface area contributed by atoms with E-state index in [1.54, 1.807) is 0 Å². The fraction of sp³-hybridized carbons (Fsp3) is 0.0612. The Morgan fingerprint density at radius 1 is 0.358 bits per heavy atom. The van der Waals surface area contributed by atoms with Gasteiger partial charge in [-0.2, -0.15) is 0 Å². The molecule has 0 spiro atoms. The first kappa shape index (κ1) is 32.1. The summed E-state index contributed by atoms with van der Waals surface area (Å²) in [7, 11) is 0. The van der Waals surface area contributed by atoms with Crippen LogP contribution in [0, 0.1) is 0 Å². The Morgan fingerprint density at radius 3 is 1.09 bits per heavy atom. The maximum absolute atomic E-state index is 4.42. The van der Waals surface area contributed by atoms with Crippen molar-refractivity contribution >= 4 is 43.6 Å². The van der Waals surface area contributed by atoms with Gasteiger partial charge in [0, 0.05) is 45.3 Å². The normalized spacial score (nSPS) is 11.3. The summed E-state index contributed by atoms with van der Waals surface area (Å²) in [6, 6.07) is 56.9. The van der Waals surface area contributed by atoms with Crippen LogP contribution in [0.2, 0.25) is 0 Å². The highest BCUT2D eigenvalue weighted by atomic mass is 15.0. The lowest BCUT2D eigenvalue weighted by molar-refractivity contribution is 1.16. The SMILES string of the molecule is CC.c1ccc2c(c1)c1ccncc1n2-c1ccc(-c2ccc(Cc3ccc(-c4ccc(-n5c6ccccc6c6ccncc65)cc4)cc3)cc2)cc1. The molecule has 0 amide bonds. The zero-order valence-corrected chi connectivity index (χ0v) is 29.8. The van der Waals surface area contributed by atoms with Crippen LogP contribution in [0.4, 0.5) is 0 Å². The maximum Gasteiger partial charge on any atom is 0.0724 e. The lowest BCUT2D eigenvalue weighted by Gasteiger charge is -2.10. The van der Waals surface area contributed by atoms with Crippen LogP contribution in [-0.4, -0.2) is 19.1 Å². The minimum Gasteiger partial charge on any atom is -0.308 e. The van der Waals surface area contributed by atoms with Crippen LogP contribution >= 0.6 is 0 Å². The Bertz CT molecular complexity index is 2540. The number of fused-ring (bicyclic) bond motifs is 6. The van der Waals surface area contributed by atoms with E-state index in [-0.39, 0.29) is 0 Å². The van der Waals surface area contributed by atoms with E-state index < -0.39 is 0 Å². The van der Waals surface area contributed by atoms with Crippen molar-refractivity contribution in [3.63, 3.8) is 0 Å². The van der Waals surface area contributed by atoms with Gasteiger partial charge >= 0.3 is 0 Å². The number of aromatic nitrogens is 4. The molecule has 4 heteroatoms. The molecular weight excluding hydrogens is 645 g/mol. The fourth-order valence-corrected chi connectivity index (χ4v) is 7.66. The molecule has 0 atom stereocenters. The highest BCUT2D eigenvalue weighted by Gasteiger charge is 2.13. The highest BCUT2D eigenvalue weighted by Crippen LogP contribution is 2.34.